The number of hydrogen-bond acceptors (Lipinski definition) is 4. The van der Waals surface area contributed by atoms with E-state index in [2.05, 4.69) is 39.4 Å². The van der Waals surface area contributed by atoms with Crippen molar-refractivity contribution >= 4 is 0 Å². The molecule has 1 atom stereocenters. The summed E-state index contributed by atoms with van der Waals surface area (Å²) in [6.07, 6.45) is 4.02. The molecule has 2 saturated heterocycles. The van der Waals surface area contributed by atoms with Gasteiger partial charge in [-0.3, -0.25) is 9.80 Å². The Bertz CT molecular complexity index is 494. The summed E-state index contributed by atoms with van der Waals surface area (Å²) >= 11 is 0. The zero-order chi connectivity index (χ0) is 15.5. The minimum atomic E-state index is 0.762. The van der Waals surface area contributed by atoms with E-state index in [1.807, 2.05) is 0 Å². The molecule has 4 nitrogen and oxygen atoms in total. The number of rotatable bonds is 6. The van der Waals surface area contributed by atoms with E-state index in [9.17, 15) is 0 Å². The van der Waals surface area contributed by atoms with Gasteiger partial charge in [-0.1, -0.05) is 12.1 Å². The fourth-order valence-corrected chi connectivity index (χ4v) is 3.75. The summed E-state index contributed by atoms with van der Waals surface area (Å²) < 4.78 is 5.83. The van der Waals surface area contributed by atoms with Gasteiger partial charge in [-0.2, -0.15) is 0 Å². The Labute approximate surface area is 139 Å². The molecule has 1 N–H and O–H groups in total. The number of ether oxygens (including phenoxy) is 1. The predicted octanol–water partition coefficient (Wildman–Crippen LogP) is 1.95. The molecule has 126 valence electrons. The third-order valence-corrected chi connectivity index (χ3v) is 5.43. The first-order valence-electron chi connectivity index (χ1n) is 9.26. The van der Waals surface area contributed by atoms with Gasteiger partial charge in [-0.05, 0) is 42.9 Å². The summed E-state index contributed by atoms with van der Waals surface area (Å²) in [5.41, 5.74) is 1.41. The van der Waals surface area contributed by atoms with Crippen LogP contribution in [-0.2, 0) is 6.54 Å². The smallest absolute Gasteiger partial charge is 0.119 e. The van der Waals surface area contributed by atoms with Crippen LogP contribution in [-0.4, -0.2) is 61.7 Å². The highest BCUT2D eigenvalue weighted by Crippen LogP contribution is 2.29. The van der Waals surface area contributed by atoms with Crippen LogP contribution in [0.15, 0.2) is 24.3 Å². The second-order valence-corrected chi connectivity index (χ2v) is 7.36. The lowest BCUT2D eigenvalue weighted by molar-refractivity contribution is 0.170. The van der Waals surface area contributed by atoms with Crippen molar-refractivity contribution in [1.82, 2.24) is 15.1 Å². The number of benzene rings is 1. The zero-order valence-corrected chi connectivity index (χ0v) is 14.0. The Hall–Kier alpha value is -1.10. The van der Waals surface area contributed by atoms with Crippen molar-refractivity contribution in [3.63, 3.8) is 0 Å². The van der Waals surface area contributed by atoms with Crippen molar-refractivity contribution in [3.8, 4) is 5.75 Å². The Morgan fingerprint density at radius 2 is 1.78 bits per heavy atom. The van der Waals surface area contributed by atoms with Gasteiger partial charge in [-0.25, -0.2) is 0 Å². The van der Waals surface area contributed by atoms with E-state index < -0.39 is 0 Å². The standard InChI is InChI=1S/C19H29N3O/c1-2-17(1)15-23-19-5-3-16(4-6-19)13-21-10-7-18(14-21)22-11-8-20-9-12-22/h3-6,17-18,20H,1-2,7-15H2. The first kappa shape index (κ1) is 15.4. The van der Waals surface area contributed by atoms with Crippen molar-refractivity contribution in [2.75, 3.05) is 45.9 Å². The van der Waals surface area contributed by atoms with Crippen LogP contribution in [0.3, 0.4) is 0 Å². The lowest BCUT2D eigenvalue weighted by Crippen LogP contribution is -2.49. The maximum Gasteiger partial charge on any atom is 0.119 e. The molecule has 1 saturated carbocycles. The van der Waals surface area contributed by atoms with Crippen LogP contribution in [0.25, 0.3) is 0 Å². The van der Waals surface area contributed by atoms with Gasteiger partial charge in [0.1, 0.15) is 5.75 Å². The van der Waals surface area contributed by atoms with Crippen LogP contribution in [0.4, 0.5) is 0 Å². The average molecular weight is 315 g/mol. The summed E-state index contributed by atoms with van der Waals surface area (Å²) in [6.45, 7) is 9.16. The third-order valence-electron chi connectivity index (χ3n) is 5.43. The number of likely N-dealkylation sites (tertiary alicyclic amines) is 1. The normalized spacial score (nSPS) is 26.5. The van der Waals surface area contributed by atoms with Crippen LogP contribution in [0.2, 0.25) is 0 Å². The highest BCUT2D eigenvalue weighted by molar-refractivity contribution is 5.27. The molecule has 1 unspecified atom stereocenters. The van der Waals surface area contributed by atoms with Gasteiger partial charge < -0.3 is 10.1 Å². The molecule has 3 aliphatic rings. The van der Waals surface area contributed by atoms with Gasteiger partial charge in [0.05, 0.1) is 6.61 Å². The van der Waals surface area contributed by atoms with Crippen molar-refractivity contribution < 1.29 is 4.74 Å². The largest absolute Gasteiger partial charge is 0.493 e. The van der Waals surface area contributed by atoms with Gasteiger partial charge in [0.15, 0.2) is 0 Å². The molecule has 23 heavy (non-hydrogen) atoms. The second-order valence-electron chi connectivity index (χ2n) is 7.36. The molecule has 1 aromatic carbocycles. The van der Waals surface area contributed by atoms with Gasteiger partial charge in [0.25, 0.3) is 0 Å². The van der Waals surface area contributed by atoms with Crippen LogP contribution in [0, 0.1) is 5.92 Å². The Morgan fingerprint density at radius 3 is 2.52 bits per heavy atom. The van der Waals surface area contributed by atoms with Crippen molar-refractivity contribution in [3.05, 3.63) is 29.8 Å². The summed E-state index contributed by atoms with van der Waals surface area (Å²) in [5, 5.41) is 3.45. The number of nitrogens with one attached hydrogen (secondary N) is 1. The van der Waals surface area contributed by atoms with Crippen molar-refractivity contribution in [2.24, 2.45) is 5.92 Å². The molecular weight excluding hydrogens is 286 g/mol. The molecule has 0 radical (unpaired) electrons. The molecule has 1 aromatic rings. The maximum atomic E-state index is 5.83. The predicted molar refractivity (Wildman–Crippen MR) is 92.8 cm³/mol. The van der Waals surface area contributed by atoms with Gasteiger partial charge >= 0.3 is 0 Å². The first-order chi connectivity index (χ1) is 11.4. The summed E-state index contributed by atoms with van der Waals surface area (Å²) in [6, 6.07) is 9.52. The third kappa shape index (κ3) is 4.25. The van der Waals surface area contributed by atoms with E-state index in [-0.39, 0.29) is 0 Å². The SMILES string of the molecule is c1cc(OCC2CC2)ccc1CN1CCC(N2CCNCC2)C1. The number of hydrogen-bond donors (Lipinski definition) is 1. The van der Waals surface area contributed by atoms with E-state index in [1.165, 1.54) is 51.0 Å². The Morgan fingerprint density at radius 1 is 1.00 bits per heavy atom. The van der Waals surface area contributed by atoms with Crippen LogP contribution >= 0.6 is 0 Å². The molecule has 0 aromatic heterocycles. The Balaban J connectivity index is 1.25. The molecule has 0 amide bonds. The molecule has 4 rings (SSSR count). The van der Waals surface area contributed by atoms with E-state index in [0.29, 0.717) is 0 Å². The average Bonchev–Trinajstić information content (AvgIpc) is 3.32. The number of nitrogens with zero attached hydrogens (tertiary/aromatic N) is 2. The molecule has 0 spiro atoms. The molecule has 3 fully saturated rings. The minimum Gasteiger partial charge on any atom is -0.493 e. The lowest BCUT2D eigenvalue weighted by atomic mass is 10.2. The van der Waals surface area contributed by atoms with Crippen LogP contribution < -0.4 is 10.1 Å². The summed E-state index contributed by atoms with van der Waals surface area (Å²) in [4.78, 5) is 5.28. The van der Waals surface area contributed by atoms with Crippen molar-refractivity contribution in [1.29, 1.82) is 0 Å². The molecule has 1 aliphatic carbocycles. The number of piperazine rings is 1. The van der Waals surface area contributed by atoms with Gasteiger partial charge in [0, 0.05) is 51.9 Å². The molecule has 2 aliphatic heterocycles. The lowest BCUT2D eigenvalue weighted by Gasteiger charge is -2.32. The van der Waals surface area contributed by atoms with Gasteiger partial charge in [0.2, 0.25) is 0 Å². The van der Waals surface area contributed by atoms with E-state index in [0.717, 1.165) is 44.0 Å². The van der Waals surface area contributed by atoms with Crippen LogP contribution in [0.5, 0.6) is 5.75 Å². The molecule has 4 heteroatoms. The molecule has 2 heterocycles. The monoisotopic (exact) mass is 315 g/mol. The molecule has 0 bridgehead atoms. The topological polar surface area (TPSA) is 27.7 Å². The fraction of sp³-hybridized carbons (Fsp3) is 0.684. The second kappa shape index (κ2) is 7.20. The highest BCUT2D eigenvalue weighted by atomic mass is 16.5. The van der Waals surface area contributed by atoms with E-state index in [4.69, 9.17) is 4.74 Å². The van der Waals surface area contributed by atoms with Crippen LogP contribution in [0.1, 0.15) is 24.8 Å². The summed E-state index contributed by atoms with van der Waals surface area (Å²) in [7, 11) is 0. The zero-order valence-electron chi connectivity index (χ0n) is 14.0. The van der Waals surface area contributed by atoms with E-state index >= 15 is 0 Å². The van der Waals surface area contributed by atoms with Gasteiger partial charge in [-0.15, -0.1) is 0 Å². The summed E-state index contributed by atoms with van der Waals surface area (Å²) in [5.74, 6) is 1.85. The maximum absolute atomic E-state index is 5.83. The minimum absolute atomic E-state index is 0.762. The quantitative estimate of drug-likeness (QED) is 0.868. The first-order valence-corrected chi connectivity index (χ1v) is 9.26. The highest BCUT2D eigenvalue weighted by Gasteiger charge is 2.28. The van der Waals surface area contributed by atoms with Crippen molar-refractivity contribution in [2.45, 2.75) is 31.8 Å². The fourth-order valence-electron chi connectivity index (χ4n) is 3.75. The molecular formula is C19H29N3O. The Kier molecular flexibility index (Phi) is 4.83. The van der Waals surface area contributed by atoms with E-state index in [1.54, 1.807) is 0 Å².